The summed E-state index contributed by atoms with van der Waals surface area (Å²) >= 11 is 6.75. The van der Waals surface area contributed by atoms with Crippen molar-refractivity contribution < 1.29 is 14.3 Å². The van der Waals surface area contributed by atoms with Gasteiger partial charge in [-0.15, -0.1) is 0 Å². The number of hydrogen-bond donors (Lipinski definition) is 0. The quantitative estimate of drug-likeness (QED) is 0.294. The smallest absolute Gasteiger partial charge is 0.347 e. The average Bonchev–Trinajstić information content (AvgIpc) is 3.17. The Kier molecular flexibility index (Phi) is 7.20. The van der Waals surface area contributed by atoms with E-state index in [0.717, 1.165) is 49.0 Å². The highest BCUT2D eigenvalue weighted by molar-refractivity contribution is 6.33. The van der Waals surface area contributed by atoms with Gasteiger partial charge in [0.25, 0.3) is 0 Å². The maximum atomic E-state index is 13.1. The van der Waals surface area contributed by atoms with Crippen molar-refractivity contribution in [2.24, 2.45) is 0 Å². The molecule has 1 atom stereocenters. The Balaban J connectivity index is 2.03. The predicted molar refractivity (Wildman–Crippen MR) is 117 cm³/mol. The number of nitrogens with zero attached hydrogens (tertiary/aromatic N) is 1. The summed E-state index contributed by atoms with van der Waals surface area (Å²) in [7, 11) is 0. The van der Waals surface area contributed by atoms with Gasteiger partial charge in [0.2, 0.25) is 0 Å². The molecule has 156 valence electrons. The van der Waals surface area contributed by atoms with Crippen molar-refractivity contribution in [3.8, 4) is 11.5 Å². The molecule has 0 saturated carbocycles. The van der Waals surface area contributed by atoms with E-state index in [0.29, 0.717) is 34.7 Å². The van der Waals surface area contributed by atoms with Crippen LogP contribution in [0.25, 0.3) is 0 Å². The average molecular weight is 416 g/mol. The van der Waals surface area contributed by atoms with Crippen molar-refractivity contribution >= 4 is 17.6 Å². The first-order valence-corrected chi connectivity index (χ1v) is 10.8. The van der Waals surface area contributed by atoms with Gasteiger partial charge in [-0.3, -0.25) is 4.90 Å². The topological polar surface area (TPSA) is 38.8 Å². The van der Waals surface area contributed by atoms with Crippen LogP contribution in [0.3, 0.4) is 0 Å². The molecule has 5 heteroatoms. The summed E-state index contributed by atoms with van der Waals surface area (Å²) in [6, 6.07) is 9.54. The molecule has 0 N–H and O–H groups in total. The Bertz CT molecular complexity index is 866. The first kappa shape index (κ1) is 21.7. The third-order valence-corrected chi connectivity index (χ3v) is 6.18. The first-order valence-electron chi connectivity index (χ1n) is 10.5. The molecule has 1 aliphatic rings. The van der Waals surface area contributed by atoms with Crippen LogP contribution in [0.2, 0.25) is 5.02 Å². The largest absolute Gasteiger partial charge is 0.492 e. The van der Waals surface area contributed by atoms with Crippen molar-refractivity contribution in [2.75, 3.05) is 6.61 Å². The van der Waals surface area contributed by atoms with E-state index in [9.17, 15) is 4.79 Å². The van der Waals surface area contributed by atoms with Gasteiger partial charge in [0, 0.05) is 29.7 Å². The van der Waals surface area contributed by atoms with E-state index in [1.165, 1.54) is 0 Å². The van der Waals surface area contributed by atoms with E-state index in [1.807, 2.05) is 25.1 Å². The number of rotatable bonds is 8. The van der Waals surface area contributed by atoms with Gasteiger partial charge in [-0.2, -0.15) is 0 Å². The Hall–Kier alpha value is -2.04. The van der Waals surface area contributed by atoms with Gasteiger partial charge in [-0.1, -0.05) is 50.1 Å². The number of fused-ring (bicyclic) bond motifs is 1. The Morgan fingerprint density at radius 3 is 2.52 bits per heavy atom. The summed E-state index contributed by atoms with van der Waals surface area (Å²) in [5.41, 5.74) is 3.27. The summed E-state index contributed by atoms with van der Waals surface area (Å²) in [5, 5.41) is 0.647. The molecule has 2 aromatic rings. The number of halogens is 1. The third kappa shape index (κ3) is 4.59. The molecule has 2 aromatic carbocycles. The minimum absolute atomic E-state index is 0.424. The molecule has 0 spiro atoms. The highest BCUT2D eigenvalue weighted by Gasteiger charge is 2.33. The van der Waals surface area contributed by atoms with Crippen LogP contribution in [-0.2, 0) is 13.1 Å². The zero-order chi connectivity index (χ0) is 21.0. The van der Waals surface area contributed by atoms with Crippen LogP contribution in [-0.4, -0.2) is 23.5 Å². The lowest BCUT2D eigenvalue weighted by Gasteiger charge is -2.22. The fraction of sp³-hybridized carbons (Fsp3) is 0.458. The number of para-hydroxylation sites is 1. The van der Waals surface area contributed by atoms with Crippen LogP contribution in [0.5, 0.6) is 11.5 Å². The lowest BCUT2D eigenvalue weighted by molar-refractivity contribution is 0.0729. The lowest BCUT2D eigenvalue weighted by Crippen LogP contribution is -2.26. The normalized spacial score (nSPS) is 14.5. The number of unbranched alkanes of at least 4 members (excludes halogenated alkanes) is 1. The van der Waals surface area contributed by atoms with E-state index < -0.39 is 5.97 Å². The van der Waals surface area contributed by atoms with Gasteiger partial charge in [0.1, 0.15) is 17.1 Å². The van der Waals surface area contributed by atoms with E-state index >= 15 is 0 Å². The minimum atomic E-state index is -0.424. The van der Waals surface area contributed by atoms with Crippen molar-refractivity contribution in [1.82, 2.24) is 4.90 Å². The molecule has 0 radical (unpaired) electrons. The number of carbonyl (C=O) groups is 1. The number of carbonyl (C=O) groups excluding carboxylic acids is 1. The highest BCUT2D eigenvalue weighted by Crippen LogP contribution is 2.43. The predicted octanol–water partition coefficient (Wildman–Crippen LogP) is 6.16. The second-order valence-electron chi connectivity index (χ2n) is 7.67. The SMILES string of the molecule is CCCCOc1c2c(c(Cl)c(C)c1C(=O)Oc1ccccc1)CN([C@@H](C)CC)C2. The van der Waals surface area contributed by atoms with Crippen LogP contribution in [0, 0.1) is 6.92 Å². The monoisotopic (exact) mass is 415 g/mol. The molecule has 0 unspecified atom stereocenters. The fourth-order valence-corrected chi connectivity index (χ4v) is 3.93. The summed E-state index contributed by atoms with van der Waals surface area (Å²) in [4.78, 5) is 15.5. The maximum Gasteiger partial charge on any atom is 0.347 e. The molecule has 29 heavy (non-hydrogen) atoms. The molecule has 0 bridgehead atoms. The zero-order valence-electron chi connectivity index (χ0n) is 17.8. The third-order valence-electron chi connectivity index (χ3n) is 5.67. The molecule has 0 amide bonds. The van der Waals surface area contributed by atoms with E-state index in [1.54, 1.807) is 12.1 Å². The molecule has 4 nitrogen and oxygen atoms in total. The van der Waals surface area contributed by atoms with Gasteiger partial charge >= 0.3 is 5.97 Å². The van der Waals surface area contributed by atoms with E-state index in [2.05, 4.69) is 25.7 Å². The number of ether oxygens (including phenoxy) is 2. The molecular formula is C24H30ClNO3. The van der Waals surface area contributed by atoms with Crippen molar-refractivity contribution in [1.29, 1.82) is 0 Å². The summed E-state index contributed by atoms with van der Waals surface area (Å²) in [6.45, 7) is 10.5. The zero-order valence-corrected chi connectivity index (χ0v) is 18.5. The van der Waals surface area contributed by atoms with Crippen LogP contribution in [0.4, 0.5) is 0 Å². The van der Waals surface area contributed by atoms with Crippen LogP contribution < -0.4 is 9.47 Å². The highest BCUT2D eigenvalue weighted by atomic mass is 35.5. The van der Waals surface area contributed by atoms with E-state index in [-0.39, 0.29) is 0 Å². The minimum Gasteiger partial charge on any atom is -0.492 e. The molecule has 0 aliphatic carbocycles. The summed E-state index contributed by atoms with van der Waals surface area (Å²) in [5.74, 6) is 0.725. The van der Waals surface area contributed by atoms with Crippen molar-refractivity contribution in [3.05, 3.63) is 57.6 Å². The Morgan fingerprint density at radius 1 is 1.17 bits per heavy atom. The summed E-state index contributed by atoms with van der Waals surface area (Å²) < 4.78 is 11.8. The first-order chi connectivity index (χ1) is 14.0. The Morgan fingerprint density at radius 2 is 1.86 bits per heavy atom. The second kappa shape index (κ2) is 9.64. The molecule has 1 aliphatic heterocycles. The standard InChI is InChI=1S/C24H30ClNO3/c1-5-7-13-28-23-20-15-26(16(3)6-2)14-19(20)22(25)17(4)21(23)24(27)29-18-11-9-8-10-12-18/h8-12,16H,5-7,13-15H2,1-4H3/t16-/m0/s1. The molecule has 0 saturated heterocycles. The number of hydrogen-bond acceptors (Lipinski definition) is 4. The van der Waals surface area contributed by atoms with E-state index in [4.69, 9.17) is 21.1 Å². The van der Waals surface area contributed by atoms with Gasteiger partial charge < -0.3 is 9.47 Å². The molecule has 0 fully saturated rings. The van der Waals surface area contributed by atoms with Gasteiger partial charge in [0.15, 0.2) is 0 Å². The second-order valence-corrected chi connectivity index (χ2v) is 8.05. The van der Waals surface area contributed by atoms with Crippen LogP contribution in [0.15, 0.2) is 30.3 Å². The van der Waals surface area contributed by atoms with Crippen LogP contribution >= 0.6 is 11.6 Å². The molecule has 0 aromatic heterocycles. The fourth-order valence-electron chi connectivity index (χ4n) is 3.66. The van der Waals surface area contributed by atoms with Gasteiger partial charge in [-0.25, -0.2) is 4.79 Å². The maximum absolute atomic E-state index is 13.1. The van der Waals surface area contributed by atoms with Gasteiger partial charge in [0.05, 0.1) is 6.61 Å². The van der Waals surface area contributed by atoms with Crippen molar-refractivity contribution in [2.45, 2.75) is 66.1 Å². The Labute approximate surface area is 178 Å². The molecule has 1 heterocycles. The van der Waals surface area contributed by atoms with Gasteiger partial charge in [-0.05, 0) is 49.9 Å². The lowest BCUT2D eigenvalue weighted by atomic mass is 9.98. The van der Waals surface area contributed by atoms with Crippen molar-refractivity contribution in [3.63, 3.8) is 0 Å². The number of esters is 1. The van der Waals surface area contributed by atoms with Crippen LogP contribution in [0.1, 0.15) is 67.1 Å². The summed E-state index contributed by atoms with van der Waals surface area (Å²) in [6.07, 6.45) is 3.01. The number of benzene rings is 2. The molecular weight excluding hydrogens is 386 g/mol. The molecule has 3 rings (SSSR count).